The fourth-order valence-corrected chi connectivity index (χ4v) is 3.37. The molecular formula is C14H21FN2O3S. The summed E-state index contributed by atoms with van der Waals surface area (Å²) in [4.78, 5) is 0. The molecule has 0 radical (unpaired) electrons. The van der Waals surface area contributed by atoms with Gasteiger partial charge in [0, 0.05) is 31.2 Å². The van der Waals surface area contributed by atoms with Gasteiger partial charge in [0.15, 0.2) is 11.6 Å². The highest BCUT2D eigenvalue weighted by atomic mass is 32.2. The highest BCUT2D eigenvalue weighted by molar-refractivity contribution is 7.88. The minimum Gasteiger partial charge on any atom is -0.494 e. The zero-order valence-electron chi connectivity index (χ0n) is 12.3. The van der Waals surface area contributed by atoms with Gasteiger partial charge in [0.25, 0.3) is 0 Å². The van der Waals surface area contributed by atoms with Crippen LogP contribution >= 0.6 is 0 Å². The molecule has 0 amide bonds. The largest absolute Gasteiger partial charge is 0.494 e. The van der Waals surface area contributed by atoms with Crippen LogP contribution in [-0.4, -0.2) is 45.2 Å². The predicted octanol–water partition coefficient (Wildman–Crippen LogP) is 1.35. The first kappa shape index (κ1) is 16.2. The van der Waals surface area contributed by atoms with E-state index >= 15 is 0 Å². The van der Waals surface area contributed by atoms with Crippen molar-refractivity contribution >= 4 is 10.0 Å². The second-order valence-corrected chi connectivity index (χ2v) is 7.23. The minimum atomic E-state index is -3.10. The lowest BCUT2D eigenvalue weighted by Crippen LogP contribution is -2.44. The molecule has 0 atom stereocenters. The molecule has 1 fully saturated rings. The van der Waals surface area contributed by atoms with Crippen molar-refractivity contribution in [2.75, 3.05) is 26.5 Å². The lowest BCUT2D eigenvalue weighted by Gasteiger charge is -2.30. The molecule has 1 N–H and O–H groups in total. The smallest absolute Gasteiger partial charge is 0.211 e. The topological polar surface area (TPSA) is 58.6 Å². The number of hydrogen-bond donors (Lipinski definition) is 1. The van der Waals surface area contributed by atoms with E-state index in [9.17, 15) is 12.8 Å². The monoisotopic (exact) mass is 316 g/mol. The van der Waals surface area contributed by atoms with Gasteiger partial charge >= 0.3 is 0 Å². The second kappa shape index (κ2) is 6.72. The molecule has 0 bridgehead atoms. The Hall–Kier alpha value is -1.18. The van der Waals surface area contributed by atoms with E-state index < -0.39 is 10.0 Å². The molecule has 7 heteroatoms. The van der Waals surface area contributed by atoms with Crippen molar-refractivity contribution in [2.45, 2.75) is 25.4 Å². The predicted molar refractivity (Wildman–Crippen MR) is 79.2 cm³/mol. The molecule has 0 unspecified atom stereocenters. The fraction of sp³-hybridized carbons (Fsp3) is 0.571. The minimum absolute atomic E-state index is 0.202. The van der Waals surface area contributed by atoms with Crippen LogP contribution in [0.15, 0.2) is 18.2 Å². The number of piperidine rings is 1. The zero-order chi connectivity index (χ0) is 15.5. The van der Waals surface area contributed by atoms with Crippen molar-refractivity contribution in [3.63, 3.8) is 0 Å². The molecule has 21 heavy (non-hydrogen) atoms. The number of benzene rings is 1. The van der Waals surface area contributed by atoms with E-state index in [-0.39, 0.29) is 17.6 Å². The van der Waals surface area contributed by atoms with Crippen molar-refractivity contribution in [2.24, 2.45) is 0 Å². The van der Waals surface area contributed by atoms with Crippen LogP contribution in [0.2, 0.25) is 0 Å². The first-order valence-corrected chi connectivity index (χ1v) is 8.76. The summed E-state index contributed by atoms with van der Waals surface area (Å²) in [6.07, 6.45) is 2.70. The van der Waals surface area contributed by atoms with Crippen molar-refractivity contribution in [3.05, 3.63) is 29.6 Å². The Bertz CT molecular complexity index is 584. The number of methoxy groups -OCH3 is 1. The molecule has 118 valence electrons. The number of ether oxygens (including phenoxy) is 1. The molecule has 0 aromatic heterocycles. The maximum atomic E-state index is 14.0. The van der Waals surface area contributed by atoms with Gasteiger partial charge in [-0.05, 0) is 18.9 Å². The van der Waals surface area contributed by atoms with Crippen molar-refractivity contribution < 1.29 is 17.5 Å². The molecule has 1 aromatic carbocycles. The number of nitrogens with one attached hydrogen (secondary N) is 1. The summed E-state index contributed by atoms with van der Waals surface area (Å²) >= 11 is 0. The van der Waals surface area contributed by atoms with E-state index in [2.05, 4.69) is 5.32 Å². The van der Waals surface area contributed by atoms with Gasteiger partial charge in [0.1, 0.15) is 0 Å². The highest BCUT2D eigenvalue weighted by Gasteiger charge is 2.24. The molecule has 2 rings (SSSR count). The summed E-state index contributed by atoms with van der Waals surface area (Å²) in [7, 11) is -1.66. The van der Waals surface area contributed by atoms with Gasteiger partial charge in [-0.3, -0.25) is 0 Å². The van der Waals surface area contributed by atoms with Crippen LogP contribution < -0.4 is 10.1 Å². The van der Waals surface area contributed by atoms with E-state index in [4.69, 9.17) is 4.74 Å². The third kappa shape index (κ3) is 4.15. The lowest BCUT2D eigenvalue weighted by atomic mass is 10.1. The molecule has 1 aliphatic rings. The van der Waals surface area contributed by atoms with Gasteiger partial charge in [0.05, 0.1) is 13.4 Å². The molecule has 1 saturated heterocycles. The Labute approximate surface area is 125 Å². The van der Waals surface area contributed by atoms with E-state index in [0.717, 1.165) is 12.8 Å². The van der Waals surface area contributed by atoms with Crippen molar-refractivity contribution in [1.82, 2.24) is 9.62 Å². The molecule has 1 heterocycles. The van der Waals surface area contributed by atoms with Gasteiger partial charge in [-0.25, -0.2) is 17.1 Å². The van der Waals surface area contributed by atoms with Gasteiger partial charge < -0.3 is 10.1 Å². The summed E-state index contributed by atoms with van der Waals surface area (Å²) in [5.41, 5.74) is 0.555. The average molecular weight is 316 g/mol. The number of nitrogens with zero attached hydrogens (tertiary/aromatic N) is 1. The number of halogens is 1. The van der Waals surface area contributed by atoms with Crippen LogP contribution in [0.1, 0.15) is 18.4 Å². The molecule has 5 nitrogen and oxygen atoms in total. The van der Waals surface area contributed by atoms with E-state index in [1.165, 1.54) is 17.7 Å². The van der Waals surface area contributed by atoms with Crippen LogP contribution in [0.25, 0.3) is 0 Å². The van der Waals surface area contributed by atoms with Gasteiger partial charge in [-0.1, -0.05) is 12.1 Å². The molecular weight excluding hydrogens is 295 g/mol. The first-order chi connectivity index (χ1) is 9.91. The first-order valence-electron chi connectivity index (χ1n) is 6.91. The number of rotatable bonds is 5. The molecule has 1 aliphatic heterocycles. The molecule has 0 aliphatic carbocycles. The SMILES string of the molecule is COc1cccc(CNC2CCN(S(C)(=O)=O)CC2)c1F. The van der Waals surface area contributed by atoms with E-state index in [1.54, 1.807) is 18.2 Å². The highest BCUT2D eigenvalue weighted by Crippen LogP contribution is 2.20. The average Bonchev–Trinajstić information content (AvgIpc) is 2.46. The third-order valence-corrected chi connectivity index (χ3v) is 5.07. The van der Waals surface area contributed by atoms with Crippen LogP contribution in [-0.2, 0) is 16.6 Å². The molecule has 0 spiro atoms. The lowest BCUT2D eigenvalue weighted by molar-refractivity contribution is 0.289. The van der Waals surface area contributed by atoms with E-state index in [0.29, 0.717) is 25.2 Å². The second-order valence-electron chi connectivity index (χ2n) is 5.25. The van der Waals surface area contributed by atoms with Gasteiger partial charge in [-0.2, -0.15) is 0 Å². The van der Waals surface area contributed by atoms with Gasteiger partial charge in [-0.15, -0.1) is 0 Å². The number of sulfonamides is 1. The third-order valence-electron chi connectivity index (χ3n) is 3.77. The Morgan fingerprint density at radius 3 is 2.62 bits per heavy atom. The standard InChI is InChI=1S/C14H21FN2O3S/c1-20-13-5-3-4-11(14(13)15)10-16-12-6-8-17(9-7-12)21(2,18)19/h3-5,12,16H,6-10H2,1-2H3. The Kier molecular flexibility index (Phi) is 5.18. The quantitative estimate of drug-likeness (QED) is 0.891. The van der Waals surface area contributed by atoms with Crippen LogP contribution in [0, 0.1) is 5.82 Å². The van der Waals surface area contributed by atoms with Crippen LogP contribution in [0.5, 0.6) is 5.75 Å². The molecule has 0 saturated carbocycles. The number of hydrogen-bond acceptors (Lipinski definition) is 4. The van der Waals surface area contributed by atoms with Crippen LogP contribution in [0.3, 0.4) is 0 Å². The maximum Gasteiger partial charge on any atom is 0.211 e. The summed E-state index contributed by atoms with van der Waals surface area (Å²) < 4.78 is 43.3. The summed E-state index contributed by atoms with van der Waals surface area (Å²) in [5.74, 6) is -0.109. The molecule has 1 aromatic rings. The van der Waals surface area contributed by atoms with Crippen molar-refractivity contribution in [3.8, 4) is 5.75 Å². The Morgan fingerprint density at radius 2 is 2.05 bits per heavy atom. The van der Waals surface area contributed by atoms with Gasteiger partial charge in [0.2, 0.25) is 10.0 Å². The Balaban J connectivity index is 1.88. The normalized spacial score (nSPS) is 17.9. The van der Waals surface area contributed by atoms with Crippen LogP contribution in [0.4, 0.5) is 4.39 Å². The summed E-state index contributed by atoms with van der Waals surface area (Å²) in [6, 6.07) is 5.26. The summed E-state index contributed by atoms with van der Waals surface area (Å²) in [5, 5.41) is 3.28. The van der Waals surface area contributed by atoms with Crippen molar-refractivity contribution in [1.29, 1.82) is 0 Å². The fourth-order valence-electron chi connectivity index (χ4n) is 2.50. The maximum absolute atomic E-state index is 14.0. The Morgan fingerprint density at radius 1 is 1.38 bits per heavy atom. The summed E-state index contributed by atoms with van der Waals surface area (Å²) in [6.45, 7) is 1.43. The van der Waals surface area contributed by atoms with E-state index in [1.807, 2.05) is 0 Å². The zero-order valence-corrected chi connectivity index (χ0v) is 13.1.